The molecule has 0 radical (unpaired) electrons. The standard InChI is InChI=1S/C15H29N3O/c1-3-8-17-15(19)12(2)18(14-6-7-14)11-13-5-4-9-16-10-13/h12-14,16H,3-11H2,1-2H3,(H,17,19). The fraction of sp³-hybridized carbons (Fsp3) is 0.933. The summed E-state index contributed by atoms with van der Waals surface area (Å²) in [5, 5.41) is 6.51. The van der Waals surface area contributed by atoms with Gasteiger partial charge in [0.2, 0.25) is 5.91 Å². The molecule has 0 aromatic heterocycles. The van der Waals surface area contributed by atoms with E-state index in [-0.39, 0.29) is 11.9 Å². The number of carbonyl (C=O) groups is 1. The molecule has 0 aromatic rings. The van der Waals surface area contributed by atoms with Crippen LogP contribution in [0.1, 0.15) is 46.0 Å². The number of carbonyl (C=O) groups excluding carboxylic acids is 1. The van der Waals surface area contributed by atoms with E-state index in [1.54, 1.807) is 0 Å². The van der Waals surface area contributed by atoms with Crippen LogP contribution in [-0.4, -0.2) is 49.1 Å². The van der Waals surface area contributed by atoms with Crippen LogP contribution in [0.15, 0.2) is 0 Å². The number of rotatable bonds is 7. The first-order valence-electron chi connectivity index (χ1n) is 7.96. The lowest BCUT2D eigenvalue weighted by atomic mass is 9.98. The molecule has 2 rings (SSSR count). The second-order valence-electron chi connectivity index (χ2n) is 6.11. The minimum absolute atomic E-state index is 0.0287. The molecular weight excluding hydrogens is 238 g/mol. The van der Waals surface area contributed by atoms with Crippen LogP contribution in [0.2, 0.25) is 0 Å². The normalized spacial score (nSPS) is 25.3. The Labute approximate surface area is 117 Å². The molecule has 0 bridgehead atoms. The van der Waals surface area contributed by atoms with Crippen LogP contribution < -0.4 is 10.6 Å². The van der Waals surface area contributed by atoms with E-state index in [2.05, 4.69) is 29.4 Å². The van der Waals surface area contributed by atoms with Gasteiger partial charge in [0.15, 0.2) is 0 Å². The van der Waals surface area contributed by atoms with Gasteiger partial charge in [-0.15, -0.1) is 0 Å². The van der Waals surface area contributed by atoms with E-state index in [1.807, 2.05) is 0 Å². The maximum atomic E-state index is 12.1. The summed E-state index contributed by atoms with van der Waals surface area (Å²) in [5.74, 6) is 0.924. The Balaban J connectivity index is 1.85. The van der Waals surface area contributed by atoms with Gasteiger partial charge in [0.1, 0.15) is 0 Å². The topological polar surface area (TPSA) is 44.4 Å². The van der Waals surface area contributed by atoms with Crippen molar-refractivity contribution in [1.29, 1.82) is 0 Å². The molecule has 1 aliphatic carbocycles. The summed E-state index contributed by atoms with van der Waals surface area (Å²) in [6.45, 7) is 8.32. The summed E-state index contributed by atoms with van der Waals surface area (Å²) < 4.78 is 0. The molecule has 1 aliphatic heterocycles. The van der Waals surface area contributed by atoms with Crippen molar-refractivity contribution in [1.82, 2.24) is 15.5 Å². The maximum absolute atomic E-state index is 12.1. The fourth-order valence-electron chi connectivity index (χ4n) is 2.95. The van der Waals surface area contributed by atoms with Crippen LogP contribution in [0.4, 0.5) is 0 Å². The average molecular weight is 267 g/mol. The van der Waals surface area contributed by atoms with Gasteiger partial charge in [-0.3, -0.25) is 9.69 Å². The smallest absolute Gasteiger partial charge is 0.237 e. The van der Waals surface area contributed by atoms with E-state index in [4.69, 9.17) is 0 Å². The van der Waals surface area contributed by atoms with Crippen LogP contribution in [0, 0.1) is 5.92 Å². The zero-order valence-corrected chi connectivity index (χ0v) is 12.5. The van der Waals surface area contributed by atoms with Crippen LogP contribution in [0.25, 0.3) is 0 Å². The lowest BCUT2D eigenvalue weighted by molar-refractivity contribution is -0.126. The summed E-state index contributed by atoms with van der Waals surface area (Å²) in [7, 11) is 0. The molecule has 1 saturated heterocycles. The monoisotopic (exact) mass is 267 g/mol. The van der Waals surface area contributed by atoms with Gasteiger partial charge in [-0.1, -0.05) is 6.92 Å². The average Bonchev–Trinajstić information content (AvgIpc) is 3.27. The van der Waals surface area contributed by atoms with Crippen molar-refractivity contribution in [3.05, 3.63) is 0 Å². The summed E-state index contributed by atoms with van der Waals surface area (Å²) in [5.41, 5.74) is 0. The molecule has 2 unspecified atom stereocenters. The highest BCUT2D eigenvalue weighted by Crippen LogP contribution is 2.30. The highest BCUT2D eigenvalue weighted by molar-refractivity contribution is 5.81. The van der Waals surface area contributed by atoms with Crippen molar-refractivity contribution in [3.63, 3.8) is 0 Å². The number of nitrogens with zero attached hydrogens (tertiary/aromatic N) is 1. The Morgan fingerprint density at radius 3 is 2.79 bits per heavy atom. The number of amides is 1. The number of nitrogens with one attached hydrogen (secondary N) is 2. The quantitative estimate of drug-likeness (QED) is 0.732. The Kier molecular flexibility index (Phi) is 5.64. The zero-order valence-electron chi connectivity index (χ0n) is 12.5. The van der Waals surface area contributed by atoms with E-state index in [0.717, 1.165) is 38.5 Å². The summed E-state index contributed by atoms with van der Waals surface area (Å²) in [4.78, 5) is 14.6. The Bertz CT molecular complexity index is 285. The van der Waals surface area contributed by atoms with E-state index >= 15 is 0 Å². The van der Waals surface area contributed by atoms with E-state index in [0.29, 0.717) is 6.04 Å². The lowest BCUT2D eigenvalue weighted by Crippen LogP contribution is -2.49. The molecule has 2 fully saturated rings. The zero-order chi connectivity index (χ0) is 13.7. The first-order chi connectivity index (χ1) is 9.22. The van der Waals surface area contributed by atoms with Gasteiger partial charge in [-0.05, 0) is 58.0 Å². The molecule has 1 heterocycles. The van der Waals surface area contributed by atoms with Crippen molar-refractivity contribution in [2.24, 2.45) is 5.92 Å². The first-order valence-corrected chi connectivity index (χ1v) is 7.96. The maximum Gasteiger partial charge on any atom is 0.237 e. The summed E-state index contributed by atoms with van der Waals surface area (Å²) >= 11 is 0. The van der Waals surface area contributed by atoms with Crippen molar-refractivity contribution in [2.45, 2.75) is 58.0 Å². The van der Waals surface area contributed by atoms with Gasteiger partial charge >= 0.3 is 0 Å². The summed E-state index contributed by atoms with van der Waals surface area (Å²) in [6, 6.07) is 0.685. The predicted molar refractivity (Wildman–Crippen MR) is 78.1 cm³/mol. The molecule has 19 heavy (non-hydrogen) atoms. The van der Waals surface area contributed by atoms with Gasteiger partial charge in [-0.25, -0.2) is 0 Å². The number of piperidine rings is 1. The van der Waals surface area contributed by atoms with E-state index < -0.39 is 0 Å². The molecule has 1 saturated carbocycles. The molecule has 4 nitrogen and oxygen atoms in total. The van der Waals surface area contributed by atoms with Gasteiger partial charge in [0.05, 0.1) is 6.04 Å². The molecule has 1 amide bonds. The van der Waals surface area contributed by atoms with Crippen molar-refractivity contribution >= 4 is 5.91 Å². The van der Waals surface area contributed by atoms with Gasteiger partial charge < -0.3 is 10.6 Å². The predicted octanol–water partition coefficient (Wildman–Crippen LogP) is 1.37. The van der Waals surface area contributed by atoms with Crippen molar-refractivity contribution < 1.29 is 4.79 Å². The van der Waals surface area contributed by atoms with Gasteiger partial charge in [0, 0.05) is 19.1 Å². The van der Waals surface area contributed by atoms with Gasteiger partial charge in [-0.2, -0.15) is 0 Å². The summed E-state index contributed by atoms with van der Waals surface area (Å²) in [6.07, 6.45) is 6.13. The molecule has 2 atom stereocenters. The van der Waals surface area contributed by atoms with Crippen LogP contribution in [0.3, 0.4) is 0 Å². The first kappa shape index (κ1) is 14.8. The van der Waals surface area contributed by atoms with Crippen LogP contribution in [-0.2, 0) is 4.79 Å². The lowest BCUT2D eigenvalue weighted by Gasteiger charge is -2.33. The minimum atomic E-state index is 0.0287. The second-order valence-corrected chi connectivity index (χ2v) is 6.11. The molecule has 110 valence electrons. The third-order valence-electron chi connectivity index (χ3n) is 4.31. The molecule has 2 aliphatic rings. The van der Waals surface area contributed by atoms with Crippen molar-refractivity contribution in [2.75, 3.05) is 26.2 Å². The Morgan fingerprint density at radius 2 is 2.21 bits per heavy atom. The minimum Gasteiger partial charge on any atom is -0.355 e. The number of hydrogen-bond donors (Lipinski definition) is 2. The number of hydrogen-bond acceptors (Lipinski definition) is 3. The fourth-order valence-corrected chi connectivity index (χ4v) is 2.95. The molecule has 0 spiro atoms. The largest absolute Gasteiger partial charge is 0.355 e. The molecule has 0 aromatic carbocycles. The highest BCUT2D eigenvalue weighted by atomic mass is 16.2. The van der Waals surface area contributed by atoms with Crippen LogP contribution in [0.5, 0.6) is 0 Å². The van der Waals surface area contributed by atoms with E-state index in [9.17, 15) is 4.79 Å². The van der Waals surface area contributed by atoms with E-state index in [1.165, 1.54) is 25.7 Å². The molecular formula is C15H29N3O. The highest BCUT2D eigenvalue weighted by Gasteiger charge is 2.36. The van der Waals surface area contributed by atoms with Crippen LogP contribution >= 0.6 is 0 Å². The van der Waals surface area contributed by atoms with Crippen molar-refractivity contribution in [3.8, 4) is 0 Å². The molecule has 4 heteroatoms. The Hall–Kier alpha value is -0.610. The Morgan fingerprint density at radius 1 is 1.42 bits per heavy atom. The SMILES string of the molecule is CCCNC(=O)C(C)N(CC1CCCNC1)C1CC1. The van der Waals surface area contributed by atoms with Gasteiger partial charge in [0.25, 0.3) is 0 Å². The second kappa shape index (κ2) is 7.25. The third-order valence-corrected chi connectivity index (χ3v) is 4.31. The third kappa shape index (κ3) is 4.46. The molecule has 2 N–H and O–H groups in total.